The summed E-state index contributed by atoms with van der Waals surface area (Å²) in [6.45, 7) is 3.04. The summed E-state index contributed by atoms with van der Waals surface area (Å²) in [5.41, 5.74) is 0. The summed E-state index contributed by atoms with van der Waals surface area (Å²) < 4.78 is 0.906. The van der Waals surface area contributed by atoms with E-state index in [2.05, 4.69) is 21.1 Å². The van der Waals surface area contributed by atoms with Crippen molar-refractivity contribution in [3.05, 3.63) is 21.9 Å². The molecule has 0 spiro atoms. The monoisotopic (exact) mass is 371 g/mol. The van der Waals surface area contributed by atoms with E-state index in [4.69, 9.17) is 0 Å². The van der Waals surface area contributed by atoms with Crippen molar-refractivity contribution in [2.24, 2.45) is 0 Å². The van der Waals surface area contributed by atoms with Crippen molar-refractivity contribution < 1.29 is 33.3 Å². The number of aryl methyl sites for hydroxylation is 1. The number of carbonyl (C=O) groups is 1. The van der Waals surface area contributed by atoms with E-state index in [1.165, 1.54) is 16.6 Å². The van der Waals surface area contributed by atoms with Gasteiger partial charge in [-0.05, 0) is 19.1 Å². The Labute approximate surface area is 123 Å². The summed E-state index contributed by atoms with van der Waals surface area (Å²) in [7, 11) is 6.42. The molecule has 1 heterocycles. The molecule has 0 aliphatic rings. The summed E-state index contributed by atoms with van der Waals surface area (Å²) in [6, 6.07) is 3.92. The van der Waals surface area contributed by atoms with E-state index < -0.39 is 0 Å². The molecule has 0 unspecified atom stereocenters. The molecule has 1 rings (SSSR count). The van der Waals surface area contributed by atoms with E-state index in [1.54, 1.807) is 11.3 Å². The normalized spacial score (nSPS) is 11.0. The first-order valence-electron chi connectivity index (χ1n) is 4.92. The van der Waals surface area contributed by atoms with Crippen LogP contribution in [0.1, 0.15) is 14.5 Å². The van der Waals surface area contributed by atoms with Gasteiger partial charge in [-0.2, -0.15) is 0 Å². The van der Waals surface area contributed by atoms with Crippen LogP contribution in [0.4, 0.5) is 0 Å². The van der Waals surface area contributed by atoms with Gasteiger partial charge in [-0.1, -0.05) is 11.8 Å². The van der Waals surface area contributed by atoms with Crippen molar-refractivity contribution >= 4 is 28.2 Å². The van der Waals surface area contributed by atoms with Crippen LogP contribution in [-0.4, -0.2) is 43.0 Å². The first kappa shape index (κ1) is 16.4. The zero-order valence-corrected chi connectivity index (χ0v) is 13.9. The molecule has 0 radical (unpaired) electrons. The fraction of sp³-hybridized carbons (Fsp3) is 0.545. The largest absolute Gasteiger partial charge is 1.00 e. The van der Waals surface area contributed by atoms with Crippen LogP contribution in [0, 0.1) is 6.92 Å². The van der Waals surface area contributed by atoms with Gasteiger partial charge in [0.25, 0.3) is 0 Å². The van der Waals surface area contributed by atoms with Gasteiger partial charge in [-0.15, -0.1) is 11.3 Å². The van der Waals surface area contributed by atoms with Crippen LogP contribution in [-0.2, 0) is 0 Å². The number of rotatable bonds is 4. The zero-order chi connectivity index (χ0) is 11.5. The number of hydrogen-bond acceptors (Lipinski definition) is 3. The standard InChI is InChI=1S/C11H18NOS2.HI/c1-9-5-6-10(15-9)11(13)14-8-7-12(2,3)4;/h5-6H,7-8H2,1-4H3;1H/q+1;/p-1. The molecule has 1 aromatic rings. The van der Waals surface area contributed by atoms with E-state index in [-0.39, 0.29) is 29.1 Å². The highest BCUT2D eigenvalue weighted by atomic mass is 127. The molecule has 92 valence electrons. The van der Waals surface area contributed by atoms with Gasteiger partial charge in [-0.25, -0.2) is 0 Å². The summed E-state index contributed by atoms with van der Waals surface area (Å²) >= 11 is 3.00. The average molecular weight is 371 g/mol. The summed E-state index contributed by atoms with van der Waals surface area (Å²) in [5, 5.41) is 0.210. The molecular weight excluding hydrogens is 353 g/mol. The maximum atomic E-state index is 11.7. The van der Waals surface area contributed by atoms with Crippen LogP contribution in [0.25, 0.3) is 0 Å². The number of thioether (sulfide) groups is 1. The number of quaternary nitrogens is 1. The average Bonchev–Trinajstić information content (AvgIpc) is 2.49. The van der Waals surface area contributed by atoms with Crippen LogP contribution in [0.3, 0.4) is 0 Å². The minimum Gasteiger partial charge on any atom is -1.00 e. The van der Waals surface area contributed by atoms with E-state index in [0.29, 0.717) is 0 Å². The van der Waals surface area contributed by atoms with Gasteiger partial charge in [0.05, 0.1) is 38.3 Å². The Morgan fingerprint density at radius 1 is 1.38 bits per heavy atom. The van der Waals surface area contributed by atoms with Crippen LogP contribution in [0.15, 0.2) is 12.1 Å². The molecule has 1 aromatic heterocycles. The minimum absolute atomic E-state index is 0. The Bertz CT molecular complexity index is 344. The third-order valence-corrected chi connectivity index (χ3v) is 3.93. The zero-order valence-electron chi connectivity index (χ0n) is 10.1. The lowest BCUT2D eigenvalue weighted by Crippen LogP contribution is -3.00. The Morgan fingerprint density at radius 2 is 2.00 bits per heavy atom. The molecule has 0 bridgehead atoms. The van der Waals surface area contributed by atoms with E-state index in [0.717, 1.165) is 21.7 Å². The maximum absolute atomic E-state index is 11.7. The van der Waals surface area contributed by atoms with Crippen molar-refractivity contribution in [2.75, 3.05) is 33.4 Å². The topological polar surface area (TPSA) is 17.1 Å². The highest BCUT2D eigenvalue weighted by molar-refractivity contribution is 8.14. The number of halogens is 1. The van der Waals surface area contributed by atoms with Crippen LogP contribution >= 0.6 is 23.1 Å². The van der Waals surface area contributed by atoms with Gasteiger partial charge in [0.2, 0.25) is 5.12 Å². The van der Waals surface area contributed by atoms with E-state index in [1.807, 2.05) is 19.1 Å². The number of thiophene rings is 1. The lowest BCUT2D eigenvalue weighted by atomic mass is 10.4. The highest BCUT2D eigenvalue weighted by Gasteiger charge is 2.12. The van der Waals surface area contributed by atoms with Crippen molar-refractivity contribution in [3.63, 3.8) is 0 Å². The molecule has 0 aliphatic heterocycles. The van der Waals surface area contributed by atoms with Gasteiger partial charge in [0.15, 0.2) is 0 Å². The molecular formula is C11H18INOS2. The lowest BCUT2D eigenvalue weighted by molar-refractivity contribution is -0.867. The van der Waals surface area contributed by atoms with Crippen molar-refractivity contribution in [3.8, 4) is 0 Å². The molecule has 0 N–H and O–H groups in total. The third-order valence-electron chi connectivity index (χ3n) is 1.94. The number of hydrogen-bond donors (Lipinski definition) is 0. The highest BCUT2D eigenvalue weighted by Crippen LogP contribution is 2.21. The Hall–Kier alpha value is 0.410. The third kappa shape index (κ3) is 6.22. The van der Waals surface area contributed by atoms with Gasteiger partial charge in [0.1, 0.15) is 0 Å². The quantitative estimate of drug-likeness (QED) is 0.531. The second-order valence-electron chi connectivity index (χ2n) is 4.56. The molecule has 0 atom stereocenters. The van der Waals surface area contributed by atoms with Crippen molar-refractivity contribution in [1.82, 2.24) is 0 Å². The van der Waals surface area contributed by atoms with Gasteiger partial charge < -0.3 is 28.5 Å². The maximum Gasteiger partial charge on any atom is 0.229 e. The molecule has 0 fully saturated rings. The molecule has 0 saturated carbocycles. The predicted octanol–water partition coefficient (Wildman–Crippen LogP) is -0.360. The molecule has 16 heavy (non-hydrogen) atoms. The van der Waals surface area contributed by atoms with Crippen molar-refractivity contribution in [1.29, 1.82) is 0 Å². The smallest absolute Gasteiger partial charge is 0.229 e. The number of nitrogens with zero attached hydrogens (tertiary/aromatic N) is 1. The molecule has 5 heteroatoms. The minimum atomic E-state index is 0. The molecule has 2 nitrogen and oxygen atoms in total. The van der Waals surface area contributed by atoms with Crippen LogP contribution in [0.5, 0.6) is 0 Å². The SMILES string of the molecule is Cc1ccc(C(=O)SCC[N+](C)(C)C)s1.[I-]. The first-order valence-corrected chi connectivity index (χ1v) is 6.73. The summed E-state index contributed by atoms with van der Waals surface area (Å²) in [5.74, 6) is 0.888. The predicted molar refractivity (Wildman–Crippen MR) is 68.7 cm³/mol. The van der Waals surface area contributed by atoms with Crippen molar-refractivity contribution in [2.45, 2.75) is 6.92 Å². The fourth-order valence-electron chi connectivity index (χ4n) is 1.03. The number of carbonyl (C=O) groups excluding carboxylic acids is 1. The van der Waals surface area contributed by atoms with E-state index in [9.17, 15) is 4.79 Å². The molecule has 0 amide bonds. The first-order chi connectivity index (χ1) is 6.88. The Morgan fingerprint density at radius 3 is 2.44 bits per heavy atom. The lowest BCUT2D eigenvalue weighted by Gasteiger charge is -2.23. The Kier molecular flexibility index (Phi) is 7.16. The molecule has 0 aliphatic carbocycles. The second-order valence-corrected chi connectivity index (χ2v) is 6.92. The summed E-state index contributed by atoms with van der Waals surface area (Å²) in [6.07, 6.45) is 0. The molecule has 0 saturated heterocycles. The van der Waals surface area contributed by atoms with Gasteiger partial charge in [-0.3, -0.25) is 4.79 Å². The van der Waals surface area contributed by atoms with Gasteiger partial charge in [0, 0.05) is 4.88 Å². The summed E-state index contributed by atoms with van der Waals surface area (Å²) in [4.78, 5) is 13.8. The second kappa shape index (κ2) is 6.98. The Balaban J connectivity index is 0.00000225. The van der Waals surface area contributed by atoms with Gasteiger partial charge >= 0.3 is 0 Å². The molecule has 0 aromatic carbocycles. The fourth-order valence-corrected chi connectivity index (χ4v) is 3.07. The van der Waals surface area contributed by atoms with Crippen LogP contribution in [0.2, 0.25) is 0 Å². The van der Waals surface area contributed by atoms with E-state index >= 15 is 0 Å². The van der Waals surface area contributed by atoms with Crippen LogP contribution < -0.4 is 24.0 Å².